The third kappa shape index (κ3) is 2.50. The summed E-state index contributed by atoms with van der Waals surface area (Å²) >= 11 is 0. The molecule has 0 spiro atoms. The zero-order valence-corrected chi connectivity index (χ0v) is 17.1. The van der Waals surface area contributed by atoms with Crippen LogP contribution in [0.2, 0.25) is 0 Å². The number of ketones is 1. The molecule has 0 aromatic carbocycles. The summed E-state index contributed by atoms with van der Waals surface area (Å²) in [5.74, 6) is 1.16. The molecule has 8 atom stereocenters. The first-order chi connectivity index (χ1) is 12.7. The van der Waals surface area contributed by atoms with Crippen molar-refractivity contribution >= 4 is 11.8 Å². The normalized spacial score (nSPS) is 51.9. The number of Topliss-reactive ketones (excluding diaryl/α,β-unsaturated/α-hetero) is 1. The smallest absolute Gasteiger partial charge is 0.302 e. The molecule has 5 nitrogen and oxygen atoms in total. The average Bonchev–Trinajstić information content (AvgIpc) is 2.93. The molecular formula is C22H34O5. The number of aliphatic hydroxyl groups is 1. The fourth-order valence-electron chi connectivity index (χ4n) is 7.77. The number of carbonyl (C=O) groups is 2. The zero-order valence-electron chi connectivity index (χ0n) is 17.1. The van der Waals surface area contributed by atoms with E-state index in [1.807, 2.05) is 0 Å². The number of hydrogen-bond acceptors (Lipinski definition) is 5. The van der Waals surface area contributed by atoms with Gasteiger partial charge >= 0.3 is 5.97 Å². The second-order valence-electron chi connectivity index (χ2n) is 10.1. The standard InChI is InChI=1S/C22H34O5/c1-13(23)27-19-6-5-16-15-11-18(25)22(26-4)12-14(24)7-10-21(22,3)17(15)8-9-20(16,19)2/h14-17,19,24H,5-12H2,1-4H3. The lowest BCUT2D eigenvalue weighted by molar-refractivity contribution is -0.224. The molecular weight excluding hydrogens is 344 g/mol. The van der Waals surface area contributed by atoms with E-state index in [1.165, 1.54) is 6.92 Å². The maximum Gasteiger partial charge on any atom is 0.302 e. The third-order valence-electron chi connectivity index (χ3n) is 9.14. The Balaban J connectivity index is 1.68. The van der Waals surface area contributed by atoms with Crippen molar-refractivity contribution in [2.75, 3.05) is 7.11 Å². The predicted octanol–water partition coefficient (Wildman–Crippen LogP) is 3.27. The molecule has 4 saturated carbocycles. The molecule has 152 valence electrons. The van der Waals surface area contributed by atoms with E-state index >= 15 is 0 Å². The second-order valence-corrected chi connectivity index (χ2v) is 10.1. The minimum Gasteiger partial charge on any atom is -0.462 e. The molecule has 0 heterocycles. The molecule has 0 amide bonds. The average molecular weight is 379 g/mol. The Kier molecular flexibility index (Phi) is 4.51. The van der Waals surface area contributed by atoms with Crippen LogP contribution in [-0.2, 0) is 19.1 Å². The Labute approximate surface area is 162 Å². The minimum atomic E-state index is -0.840. The van der Waals surface area contributed by atoms with Crippen molar-refractivity contribution in [3.05, 3.63) is 0 Å². The van der Waals surface area contributed by atoms with E-state index in [1.54, 1.807) is 7.11 Å². The van der Waals surface area contributed by atoms with Gasteiger partial charge in [-0.05, 0) is 56.3 Å². The molecule has 1 N–H and O–H groups in total. The van der Waals surface area contributed by atoms with E-state index in [4.69, 9.17) is 9.47 Å². The summed E-state index contributed by atoms with van der Waals surface area (Å²) in [5, 5.41) is 10.3. The number of rotatable bonds is 2. The Morgan fingerprint density at radius 2 is 1.85 bits per heavy atom. The first kappa shape index (κ1) is 19.4. The highest BCUT2D eigenvalue weighted by molar-refractivity contribution is 5.90. The van der Waals surface area contributed by atoms with Crippen LogP contribution in [0, 0.1) is 28.6 Å². The van der Waals surface area contributed by atoms with Crippen LogP contribution in [0.15, 0.2) is 0 Å². The van der Waals surface area contributed by atoms with E-state index in [2.05, 4.69) is 13.8 Å². The van der Waals surface area contributed by atoms with Crippen LogP contribution < -0.4 is 0 Å². The van der Waals surface area contributed by atoms with Crippen LogP contribution in [0.25, 0.3) is 0 Å². The predicted molar refractivity (Wildman–Crippen MR) is 99.9 cm³/mol. The summed E-state index contributed by atoms with van der Waals surface area (Å²) < 4.78 is 11.6. The lowest BCUT2D eigenvalue weighted by Crippen LogP contribution is -2.68. The SMILES string of the molecule is COC12CC(O)CCC1(C)C1CCC3(C)C(OC(C)=O)CCC3C1CC2=O. The summed E-state index contributed by atoms with van der Waals surface area (Å²) in [5.41, 5.74) is -1.08. The van der Waals surface area contributed by atoms with Crippen molar-refractivity contribution < 1.29 is 24.2 Å². The fourth-order valence-corrected chi connectivity index (χ4v) is 7.77. The van der Waals surface area contributed by atoms with Gasteiger partial charge in [-0.3, -0.25) is 9.59 Å². The molecule has 0 bridgehead atoms. The van der Waals surface area contributed by atoms with Crippen LogP contribution in [0.3, 0.4) is 0 Å². The van der Waals surface area contributed by atoms with E-state index < -0.39 is 11.7 Å². The molecule has 0 aromatic heterocycles. The van der Waals surface area contributed by atoms with Crippen molar-refractivity contribution in [2.24, 2.45) is 28.6 Å². The van der Waals surface area contributed by atoms with Gasteiger partial charge in [0.15, 0.2) is 5.78 Å². The highest BCUT2D eigenvalue weighted by Crippen LogP contribution is 2.67. The molecule has 5 heteroatoms. The largest absolute Gasteiger partial charge is 0.462 e. The summed E-state index contributed by atoms with van der Waals surface area (Å²) in [7, 11) is 1.65. The molecule has 0 aromatic rings. The van der Waals surface area contributed by atoms with Gasteiger partial charge in [-0.2, -0.15) is 0 Å². The molecule has 27 heavy (non-hydrogen) atoms. The van der Waals surface area contributed by atoms with Gasteiger partial charge in [0.05, 0.1) is 6.10 Å². The monoisotopic (exact) mass is 378 g/mol. The van der Waals surface area contributed by atoms with E-state index in [0.29, 0.717) is 30.6 Å². The molecule has 0 radical (unpaired) electrons. The Bertz CT molecular complexity index is 647. The van der Waals surface area contributed by atoms with Crippen LogP contribution in [-0.4, -0.2) is 41.8 Å². The molecule has 4 rings (SSSR count). The number of ether oxygens (including phenoxy) is 2. The van der Waals surface area contributed by atoms with Gasteiger partial charge in [-0.25, -0.2) is 0 Å². The van der Waals surface area contributed by atoms with Gasteiger partial charge in [0, 0.05) is 37.7 Å². The van der Waals surface area contributed by atoms with E-state index in [-0.39, 0.29) is 28.7 Å². The van der Waals surface area contributed by atoms with Crippen LogP contribution in [0.5, 0.6) is 0 Å². The van der Waals surface area contributed by atoms with Gasteiger partial charge in [0.2, 0.25) is 0 Å². The lowest BCUT2D eigenvalue weighted by atomic mass is 9.43. The number of hydrogen-bond donors (Lipinski definition) is 1. The maximum absolute atomic E-state index is 13.4. The van der Waals surface area contributed by atoms with Crippen LogP contribution in [0.1, 0.15) is 72.1 Å². The maximum atomic E-state index is 13.4. The van der Waals surface area contributed by atoms with Crippen molar-refractivity contribution in [1.29, 1.82) is 0 Å². The Morgan fingerprint density at radius 3 is 2.52 bits per heavy atom. The van der Waals surface area contributed by atoms with Gasteiger partial charge in [-0.15, -0.1) is 0 Å². The summed E-state index contributed by atoms with van der Waals surface area (Å²) in [6, 6.07) is 0. The van der Waals surface area contributed by atoms with Gasteiger partial charge in [0.1, 0.15) is 11.7 Å². The van der Waals surface area contributed by atoms with Gasteiger partial charge in [-0.1, -0.05) is 13.8 Å². The van der Waals surface area contributed by atoms with E-state index in [0.717, 1.165) is 38.5 Å². The Hall–Kier alpha value is -0.940. The Morgan fingerprint density at radius 1 is 1.11 bits per heavy atom. The van der Waals surface area contributed by atoms with Gasteiger partial charge in [0.25, 0.3) is 0 Å². The molecule has 0 saturated heterocycles. The van der Waals surface area contributed by atoms with Crippen molar-refractivity contribution in [3.63, 3.8) is 0 Å². The summed E-state index contributed by atoms with van der Waals surface area (Å²) in [6.07, 6.45) is 6.09. The number of carbonyl (C=O) groups excluding carboxylic acids is 2. The van der Waals surface area contributed by atoms with Crippen molar-refractivity contribution in [1.82, 2.24) is 0 Å². The number of esters is 1. The van der Waals surface area contributed by atoms with Crippen molar-refractivity contribution in [3.8, 4) is 0 Å². The fraction of sp³-hybridized carbons (Fsp3) is 0.909. The molecule has 4 aliphatic rings. The molecule has 4 aliphatic carbocycles. The summed E-state index contributed by atoms with van der Waals surface area (Å²) in [6.45, 7) is 6.00. The number of fused-ring (bicyclic) bond motifs is 5. The van der Waals surface area contributed by atoms with Crippen LogP contribution >= 0.6 is 0 Å². The summed E-state index contributed by atoms with van der Waals surface area (Å²) in [4.78, 5) is 25.0. The highest BCUT2D eigenvalue weighted by Gasteiger charge is 2.68. The number of methoxy groups -OCH3 is 1. The first-order valence-corrected chi connectivity index (χ1v) is 10.6. The second kappa shape index (κ2) is 6.28. The molecule has 4 fully saturated rings. The highest BCUT2D eigenvalue weighted by atomic mass is 16.5. The van der Waals surface area contributed by atoms with Crippen molar-refractivity contribution in [2.45, 2.75) is 89.9 Å². The van der Waals surface area contributed by atoms with Gasteiger partial charge < -0.3 is 14.6 Å². The lowest BCUT2D eigenvalue weighted by Gasteiger charge is -2.63. The van der Waals surface area contributed by atoms with E-state index in [9.17, 15) is 14.7 Å². The topological polar surface area (TPSA) is 72.8 Å². The quantitative estimate of drug-likeness (QED) is 0.747. The molecule has 8 unspecified atom stereocenters. The molecule has 0 aliphatic heterocycles. The van der Waals surface area contributed by atoms with Crippen LogP contribution in [0.4, 0.5) is 0 Å². The third-order valence-corrected chi connectivity index (χ3v) is 9.14. The minimum absolute atomic E-state index is 0.0221. The zero-order chi connectivity index (χ0) is 19.6. The number of aliphatic hydroxyl groups excluding tert-OH is 1. The first-order valence-electron chi connectivity index (χ1n) is 10.6.